The van der Waals surface area contributed by atoms with Gasteiger partial charge in [-0.25, -0.2) is 9.97 Å². The second-order valence-electron chi connectivity index (χ2n) is 23.4. The summed E-state index contributed by atoms with van der Waals surface area (Å²) in [7, 11) is 0. The Kier molecular flexibility index (Phi) is 9.58. The number of hydrogen-bond acceptors (Lipinski definition) is 4. The number of hydrogen-bond donors (Lipinski definition) is 0. The van der Waals surface area contributed by atoms with E-state index in [4.69, 9.17) is 9.97 Å². The van der Waals surface area contributed by atoms with E-state index >= 15 is 0 Å². The fourth-order valence-corrected chi connectivity index (χ4v) is 16.1. The van der Waals surface area contributed by atoms with Crippen molar-refractivity contribution in [1.82, 2.24) is 9.97 Å². The number of anilines is 4. The van der Waals surface area contributed by atoms with Gasteiger partial charge >= 0.3 is 0 Å². The van der Waals surface area contributed by atoms with Crippen LogP contribution < -0.4 is 9.80 Å². The summed E-state index contributed by atoms with van der Waals surface area (Å²) >= 11 is 0. The average Bonchev–Trinajstić information content (AvgIpc) is 4.04. The van der Waals surface area contributed by atoms with E-state index in [0.717, 1.165) is 37.3 Å². The lowest BCUT2D eigenvalue weighted by atomic mass is 9.61. The van der Waals surface area contributed by atoms with Gasteiger partial charge in [0.2, 0.25) is 0 Å². The summed E-state index contributed by atoms with van der Waals surface area (Å²) in [5.74, 6) is 2.08. The molecule has 5 aliphatic rings. The summed E-state index contributed by atoms with van der Waals surface area (Å²) in [6.07, 6.45) is 13.4. The molecule has 15 rings (SSSR count). The Hall–Kier alpha value is -7.82. The van der Waals surface area contributed by atoms with Crippen LogP contribution in [0.15, 0.2) is 207 Å². The lowest BCUT2D eigenvalue weighted by molar-refractivity contribution is 0.194. The van der Waals surface area contributed by atoms with Crippen LogP contribution in [-0.2, 0) is 16.2 Å². The van der Waals surface area contributed by atoms with Crippen molar-refractivity contribution in [3.63, 3.8) is 0 Å². The smallest absolute Gasteiger partial charge is 0.133 e. The summed E-state index contributed by atoms with van der Waals surface area (Å²) in [5, 5.41) is 5.16. The first-order chi connectivity index (χ1) is 36.7. The third kappa shape index (κ3) is 5.89. The zero-order valence-corrected chi connectivity index (χ0v) is 43.6. The van der Waals surface area contributed by atoms with Gasteiger partial charge in [0.25, 0.3) is 0 Å². The molecule has 4 nitrogen and oxygen atoms in total. The maximum Gasteiger partial charge on any atom is 0.133 e. The highest BCUT2D eigenvalue weighted by Gasteiger charge is 2.59. The summed E-state index contributed by atoms with van der Waals surface area (Å²) in [4.78, 5) is 15.1. The van der Waals surface area contributed by atoms with E-state index in [0.29, 0.717) is 0 Å². The highest BCUT2D eigenvalue weighted by molar-refractivity contribution is 6.20. The molecule has 2 fully saturated rings. The number of nitrogens with zero attached hydrogens (tertiary/aromatic N) is 4. The van der Waals surface area contributed by atoms with Crippen molar-refractivity contribution in [2.24, 2.45) is 0 Å². The molecule has 2 saturated carbocycles. The minimum atomic E-state index is -0.615. The second-order valence-corrected chi connectivity index (χ2v) is 23.4. The molecule has 4 unspecified atom stereocenters. The summed E-state index contributed by atoms with van der Waals surface area (Å²) in [6, 6.07) is 74.2. The Bertz CT molecular complexity index is 3890. The predicted molar refractivity (Wildman–Crippen MR) is 311 cm³/mol. The van der Waals surface area contributed by atoms with Crippen molar-refractivity contribution in [2.75, 3.05) is 9.80 Å². The summed E-state index contributed by atoms with van der Waals surface area (Å²) in [5.41, 5.74) is 17.6. The zero-order chi connectivity index (χ0) is 50.3. The van der Waals surface area contributed by atoms with Gasteiger partial charge in [-0.15, -0.1) is 0 Å². The van der Waals surface area contributed by atoms with E-state index in [9.17, 15) is 0 Å². The fraction of sp³-hybridized carbons (Fsp3) is 0.239. The van der Waals surface area contributed by atoms with Gasteiger partial charge < -0.3 is 9.80 Å². The van der Waals surface area contributed by atoms with E-state index in [-0.39, 0.29) is 21.9 Å². The predicted octanol–water partition coefficient (Wildman–Crippen LogP) is 18.0. The van der Waals surface area contributed by atoms with E-state index < -0.39 is 5.41 Å². The molecular weight excluding hydrogens is 909 g/mol. The number of rotatable bonds is 6. The highest BCUT2D eigenvalue weighted by Crippen LogP contribution is 2.64. The molecule has 0 amide bonds. The van der Waals surface area contributed by atoms with Gasteiger partial charge in [-0.1, -0.05) is 173 Å². The molecule has 4 atom stereocenters. The van der Waals surface area contributed by atoms with Gasteiger partial charge in [-0.2, -0.15) is 0 Å². The van der Waals surface area contributed by atoms with Crippen molar-refractivity contribution in [3.8, 4) is 33.4 Å². The van der Waals surface area contributed by atoms with Crippen LogP contribution >= 0.6 is 0 Å². The number of fused-ring (bicyclic) bond motifs is 14. The monoisotopic (exact) mass is 970 g/mol. The summed E-state index contributed by atoms with van der Waals surface area (Å²) < 4.78 is 0. The van der Waals surface area contributed by atoms with Crippen molar-refractivity contribution in [3.05, 3.63) is 240 Å². The molecule has 2 aromatic heterocycles. The lowest BCUT2D eigenvalue weighted by Crippen LogP contribution is -2.54. The standard InChI is InChI=1S/C71H62N4/c1-67-37-15-17-39-69(67,3)74(63-27-13-19-41-72-63)61-35-31-49(45-59(61)67)47-29-33-55-57(43-47)53-25-11-12-26-54(53)65-56-34-30-48(44-58(56)71(66(55)65,51-21-7-5-8-22-51)52-23-9-6-10-24-52)50-32-36-62-60(46-50)68(2)38-16-18-40-70(68,4)75(62)64-28-14-20-42-73-64/h5-14,19-36,41-46H,15-18,37-40H2,1-4H3. The Morgan fingerprint density at radius 1 is 0.373 bits per heavy atom. The van der Waals surface area contributed by atoms with Gasteiger partial charge in [0.05, 0.1) is 16.5 Å². The molecule has 0 bridgehead atoms. The third-order valence-electron chi connectivity index (χ3n) is 20.1. The molecule has 3 aliphatic carbocycles. The molecule has 366 valence electrons. The average molecular weight is 971 g/mol. The number of aromatic nitrogens is 2. The van der Waals surface area contributed by atoms with Crippen LogP contribution in [0.1, 0.15) is 112 Å². The third-order valence-corrected chi connectivity index (χ3v) is 20.1. The Morgan fingerprint density at radius 3 is 1.36 bits per heavy atom. The molecule has 75 heavy (non-hydrogen) atoms. The van der Waals surface area contributed by atoms with Gasteiger partial charge in [0.1, 0.15) is 11.6 Å². The second kappa shape index (κ2) is 16.1. The number of benzene rings is 8. The molecule has 8 aromatic carbocycles. The van der Waals surface area contributed by atoms with Crippen molar-refractivity contribution < 1.29 is 0 Å². The highest BCUT2D eigenvalue weighted by atomic mass is 15.3. The molecule has 2 aliphatic heterocycles. The molecule has 4 heterocycles. The van der Waals surface area contributed by atoms with Crippen LogP contribution in [0, 0.1) is 0 Å². The number of pyridine rings is 2. The summed E-state index contributed by atoms with van der Waals surface area (Å²) in [6.45, 7) is 10.0. The minimum absolute atomic E-state index is 0.0116. The molecule has 4 heteroatoms. The molecule has 10 aromatic rings. The molecule has 0 saturated heterocycles. The first-order valence-corrected chi connectivity index (χ1v) is 27.6. The normalized spacial score (nSPS) is 23.8. The largest absolute Gasteiger partial charge is 0.319 e. The van der Waals surface area contributed by atoms with E-state index in [1.165, 1.54) is 125 Å². The van der Waals surface area contributed by atoms with Crippen LogP contribution in [0.25, 0.3) is 54.9 Å². The van der Waals surface area contributed by atoms with Crippen LogP contribution in [0.2, 0.25) is 0 Å². The Labute approximate surface area is 441 Å². The molecule has 0 radical (unpaired) electrons. The van der Waals surface area contributed by atoms with Crippen LogP contribution in [0.3, 0.4) is 0 Å². The fourth-order valence-electron chi connectivity index (χ4n) is 16.1. The van der Waals surface area contributed by atoms with E-state index in [1.807, 2.05) is 24.5 Å². The first kappa shape index (κ1) is 44.6. The van der Waals surface area contributed by atoms with Crippen LogP contribution in [0.4, 0.5) is 23.0 Å². The van der Waals surface area contributed by atoms with Crippen molar-refractivity contribution >= 4 is 44.6 Å². The van der Waals surface area contributed by atoms with Gasteiger partial charge in [0.15, 0.2) is 0 Å². The van der Waals surface area contributed by atoms with Gasteiger partial charge in [0, 0.05) is 34.6 Å². The van der Waals surface area contributed by atoms with E-state index in [2.05, 4.69) is 219 Å². The maximum atomic E-state index is 4.97. The van der Waals surface area contributed by atoms with Gasteiger partial charge in [-0.05, 0) is 189 Å². The molecular formula is C71H62N4. The topological polar surface area (TPSA) is 32.3 Å². The zero-order valence-electron chi connectivity index (χ0n) is 43.6. The van der Waals surface area contributed by atoms with Crippen molar-refractivity contribution in [2.45, 2.75) is 106 Å². The maximum absolute atomic E-state index is 4.97. The van der Waals surface area contributed by atoms with Crippen LogP contribution in [-0.4, -0.2) is 21.0 Å². The van der Waals surface area contributed by atoms with Gasteiger partial charge in [-0.3, -0.25) is 0 Å². The van der Waals surface area contributed by atoms with Crippen LogP contribution in [0.5, 0.6) is 0 Å². The lowest BCUT2D eigenvalue weighted by Gasteiger charge is -2.49. The Balaban J connectivity index is 0.946. The van der Waals surface area contributed by atoms with Crippen molar-refractivity contribution in [1.29, 1.82) is 0 Å². The van der Waals surface area contributed by atoms with E-state index in [1.54, 1.807) is 0 Å². The molecule has 0 spiro atoms. The molecule has 0 N–H and O–H groups in total. The quantitative estimate of drug-likeness (QED) is 0.155. The minimum Gasteiger partial charge on any atom is -0.319 e. The Morgan fingerprint density at radius 2 is 0.827 bits per heavy atom. The first-order valence-electron chi connectivity index (χ1n) is 27.6. The SMILES string of the molecule is CC12CCCCC1(C)N(c1ccccn1)c1ccc(-c3ccc4c(c3)C(c3ccccc3)(c3ccccc3)c3c-4c4ccccc4c4cc(-c5ccc6c(c5)C5(C)CCCCC5(C)N6c5ccccn5)ccc34)cc12.